The largest absolute Gasteiger partial charge is 0.462 e. The van der Waals surface area contributed by atoms with Crippen molar-refractivity contribution in [3.8, 4) is 0 Å². The van der Waals surface area contributed by atoms with Gasteiger partial charge in [-0.05, 0) is 37.8 Å². The van der Waals surface area contributed by atoms with Gasteiger partial charge in [0.15, 0.2) is 6.10 Å². The van der Waals surface area contributed by atoms with E-state index in [-0.39, 0.29) is 18.3 Å². The number of nitro benzene ring substituents is 1. The Bertz CT molecular complexity index is 542. The van der Waals surface area contributed by atoms with Crippen LogP contribution in [0.15, 0.2) is 24.3 Å². The quantitative estimate of drug-likeness (QED) is 0.394. The van der Waals surface area contributed by atoms with Gasteiger partial charge in [-0.3, -0.25) is 10.1 Å². The fourth-order valence-electron chi connectivity index (χ4n) is 1.99. The third kappa shape index (κ3) is 5.52. The smallest absolute Gasteiger partial charge is 0.335 e. The van der Waals surface area contributed by atoms with Crippen molar-refractivity contribution in [1.29, 1.82) is 0 Å². The molecule has 1 aliphatic rings. The minimum Gasteiger partial charge on any atom is -0.462 e. The van der Waals surface area contributed by atoms with Crippen molar-refractivity contribution in [2.24, 2.45) is 5.92 Å². The topological polar surface area (TPSA) is 81.9 Å². The van der Waals surface area contributed by atoms with Crippen LogP contribution in [0, 0.1) is 16.0 Å². The van der Waals surface area contributed by atoms with Crippen LogP contribution in [-0.2, 0) is 14.3 Å². The van der Waals surface area contributed by atoms with Crippen LogP contribution in [0.2, 0.25) is 0 Å². The maximum absolute atomic E-state index is 11.8. The molecule has 1 aliphatic carbocycles. The molecule has 0 N–H and O–H groups in total. The van der Waals surface area contributed by atoms with E-state index in [1.54, 1.807) is 19.1 Å². The van der Waals surface area contributed by atoms with Crippen molar-refractivity contribution in [2.75, 3.05) is 31.7 Å². The van der Waals surface area contributed by atoms with E-state index in [1.165, 1.54) is 25.0 Å². The lowest BCUT2D eigenvalue weighted by Gasteiger charge is -2.19. The summed E-state index contributed by atoms with van der Waals surface area (Å²) >= 11 is 0. The second-order valence-electron chi connectivity index (χ2n) is 5.78. The predicted molar refractivity (Wildman–Crippen MR) is 85.5 cm³/mol. The van der Waals surface area contributed by atoms with Crippen molar-refractivity contribution in [1.82, 2.24) is 0 Å². The van der Waals surface area contributed by atoms with Gasteiger partial charge in [0.1, 0.15) is 6.61 Å². The Morgan fingerprint density at radius 2 is 2.04 bits per heavy atom. The van der Waals surface area contributed by atoms with Gasteiger partial charge in [-0.2, -0.15) is 0 Å². The van der Waals surface area contributed by atoms with Gasteiger partial charge in [-0.15, -0.1) is 0 Å². The average Bonchev–Trinajstić information content (AvgIpc) is 3.36. The predicted octanol–water partition coefficient (Wildman–Crippen LogP) is 2.39. The number of rotatable bonds is 9. The first-order valence-corrected chi connectivity index (χ1v) is 7.71. The molecule has 1 aromatic rings. The molecule has 1 aromatic carbocycles. The summed E-state index contributed by atoms with van der Waals surface area (Å²) in [6.07, 6.45) is 1.82. The summed E-state index contributed by atoms with van der Waals surface area (Å²) in [5, 5.41) is 10.6. The number of ether oxygens (including phenoxy) is 2. The summed E-state index contributed by atoms with van der Waals surface area (Å²) in [5.74, 6) is 0.251. The van der Waals surface area contributed by atoms with Crippen molar-refractivity contribution >= 4 is 17.3 Å². The van der Waals surface area contributed by atoms with E-state index in [0.29, 0.717) is 19.1 Å². The summed E-state index contributed by atoms with van der Waals surface area (Å²) < 4.78 is 10.7. The highest BCUT2D eigenvalue weighted by Gasteiger charge is 2.24. The second-order valence-corrected chi connectivity index (χ2v) is 5.78. The number of hydrogen-bond acceptors (Lipinski definition) is 6. The molecule has 0 saturated heterocycles. The number of nitro groups is 1. The number of hydrogen-bond donors (Lipinski definition) is 0. The molecule has 23 heavy (non-hydrogen) atoms. The number of nitrogens with zero attached hydrogens (tertiary/aromatic N) is 2. The van der Waals surface area contributed by atoms with Crippen LogP contribution in [0.5, 0.6) is 0 Å². The molecule has 0 bridgehead atoms. The maximum Gasteiger partial charge on any atom is 0.335 e. The first-order valence-electron chi connectivity index (χ1n) is 7.71. The van der Waals surface area contributed by atoms with Gasteiger partial charge >= 0.3 is 5.97 Å². The van der Waals surface area contributed by atoms with Gasteiger partial charge < -0.3 is 14.4 Å². The molecule has 1 unspecified atom stereocenters. The molecule has 1 saturated carbocycles. The van der Waals surface area contributed by atoms with E-state index in [4.69, 9.17) is 9.47 Å². The molecule has 0 spiro atoms. The normalized spacial score (nSPS) is 15.0. The Hall–Kier alpha value is -2.15. The van der Waals surface area contributed by atoms with Crippen LogP contribution in [0.25, 0.3) is 0 Å². The number of carbonyl (C=O) groups is 1. The lowest BCUT2D eigenvalue weighted by molar-refractivity contribution is -0.384. The van der Waals surface area contributed by atoms with Crippen molar-refractivity contribution < 1.29 is 19.2 Å². The minimum absolute atomic E-state index is 0.0511. The number of benzene rings is 1. The molecule has 2 rings (SSSR count). The van der Waals surface area contributed by atoms with Crippen LogP contribution in [0.1, 0.15) is 19.8 Å². The number of non-ortho nitro benzene ring substituents is 1. The zero-order valence-corrected chi connectivity index (χ0v) is 13.4. The molecule has 0 aliphatic heterocycles. The monoisotopic (exact) mass is 322 g/mol. The number of esters is 1. The maximum atomic E-state index is 11.8. The zero-order chi connectivity index (χ0) is 16.8. The fourth-order valence-corrected chi connectivity index (χ4v) is 1.99. The highest BCUT2D eigenvalue weighted by atomic mass is 16.6. The van der Waals surface area contributed by atoms with Gasteiger partial charge in [0.2, 0.25) is 0 Å². The summed E-state index contributed by atoms with van der Waals surface area (Å²) in [6, 6.07) is 6.24. The standard InChI is InChI=1S/C16H22N2O5/c1-12(23-11-13-3-4-13)16(19)22-10-9-17(2)14-5-7-15(8-6-14)18(20)21/h5-8,12-13H,3-4,9-11H2,1-2H3. The number of likely N-dealkylation sites (N-methyl/N-ethyl adjacent to an activating group) is 1. The van der Waals surface area contributed by atoms with E-state index in [9.17, 15) is 14.9 Å². The highest BCUT2D eigenvalue weighted by molar-refractivity contribution is 5.74. The molecule has 0 aromatic heterocycles. The lowest BCUT2D eigenvalue weighted by Crippen LogP contribution is -2.29. The van der Waals surface area contributed by atoms with E-state index in [0.717, 1.165) is 5.69 Å². The van der Waals surface area contributed by atoms with Crippen molar-refractivity contribution in [2.45, 2.75) is 25.9 Å². The molecule has 0 heterocycles. The van der Waals surface area contributed by atoms with E-state index in [2.05, 4.69) is 0 Å². The SMILES string of the molecule is CC(OCC1CC1)C(=O)OCCN(C)c1ccc([N+](=O)[O-])cc1. The molecule has 7 nitrogen and oxygen atoms in total. The van der Waals surface area contributed by atoms with Gasteiger partial charge in [-0.1, -0.05) is 0 Å². The Balaban J connectivity index is 1.69. The van der Waals surface area contributed by atoms with Crippen LogP contribution in [-0.4, -0.2) is 43.8 Å². The molecular weight excluding hydrogens is 300 g/mol. The first kappa shape index (κ1) is 17.2. The molecule has 126 valence electrons. The van der Waals surface area contributed by atoms with Crippen molar-refractivity contribution in [3.05, 3.63) is 34.4 Å². The van der Waals surface area contributed by atoms with Crippen LogP contribution >= 0.6 is 0 Å². The third-order valence-electron chi connectivity index (χ3n) is 3.78. The lowest BCUT2D eigenvalue weighted by atomic mass is 10.2. The summed E-state index contributed by atoms with van der Waals surface area (Å²) in [5.41, 5.74) is 0.875. The van der Waals surface area contributed by atoms with Gasteiger partial charge in [-0.25, -0.2) is 4.79 Å². The van der Waals surface area contributed by atoms with Gasteiger partial charge in [0.25, 0.3) is 5.69 Å². The zero-order valence-electron chi connectivity index (χ0n) is 13.4. The van der Waals surface area contributed by atoms with Gasteiger partial charge in [0, 0.05) is 24.9 Å². The first-order chi connectivity index (χ1) is 11.0. The Labute approximate surface area is 135 Å². The summed E-state index contributed by atoms with van der Waals surface area (Å²) in [6.45, 7) is 3.06. The fraction of sp³-hybridized carbons (Fsp3) is 0.562. The van der Waals surface area contributed by atoms with E-state index in [1.807, 2.05) is 11.9 Å². The Morgan fingerprint density at radius 1 is 1.39 bits per heavy atom. The summed E-state index contributed by atoms with van der Waals surface area (Å²) in [7, 11) is 1.84. The van der Waals surface area contributed by atoms with Crippen LogP contribution in [0.4, 0.5) is 11.4 Å². The molecule has 0 amide bonds. The Morgan fingerprint density at radius 3 is 2.61 bits per heavy atom. The van der Waals surface area contributed by atoms with Crippen LogP contribution in [0.3, 0.4) is 0 Å². The van der Waals surface area contributed by atoms with Crippen LogP contribution < -0.4 is 4.90 Å². The number of anilines is 1. The molecule has 7 heteroatoms. The highest BCUT2D eigenvalue weighted by Crippen LogP contribution is 2.29. The van der Waals surface area contributed by atoms with E-state index < -0.39 is 11.0 Å². The molecule has 1 atom stereocenters. The third-order valence-corrected chi connectivity index (χ3v) is 3.78. The molecule has 1 fully saturated rings. The molecular formula is C16H22N2O5. The summed E-state index contributed by atoms with van der Waals surface area (Å²) in [4.78, 5) is 23.8. The van der Waals surface area contributed by atoms with Crippen molar-refractivity contribution in [3.63, 3.8) is 0 Å². The Kier molecular flexibility index (Phi) is 5.92. The average molecular weight is 322 g/mol. The second kappa shape index (κ2) is 7.92. The minimum atomic E-state index is -0.541. The molecule has 0 radical (unpaired) electrons. The van der Waals surface area contributed by atoms with E-state index >= 15 is 0 Å². The van der Waals surface area contributed by atoms with Gasteiger partial charge in [0.05, 0.1) is 18.1 Å². The number of carbonyl (C=O) groups excluding carboxylic acids is 1.